The Kier molecular flexibility index (Phi) is 6.37. The third-order valence-electron chi connectivity index (χ3n) is 4.34. The van der Waals surface area contributed by atoms with Gasteiger partial charge in [-0.15, -0.1) is 0 Å². The monoisotopic (exact) mass is 306 g/mol. The van der Waals surface area contributed by atoms with Gasteiger partial charge in [0, 0.05) is 25.0 Å². The van der Waals surface area contributed by atoms with Crippen molar-refractivity contribution in [3.63, 3.8) is 0 Å². The molecule has 0 saturated carbocycles. The van der Waals surface area contributed by atoms with Crippen LogP contribution in [0, 0.1) is 11.7 Å². The van der Waals surface area contributed by atoms with Crippen LogP contribution >= 0.6 is 0 Å². The molecule has 1 aliphatic heterocycles. The van der Waals surface area contributed by atoms with E-state index in [0.29, 0.717) is 19.0 Å². The molecule has 122 valence electrons. The van der Waals surface area contributed by atoms with Gasteiger partial charge in [-0.3, -0.25) is 4.79 Å². The van der Waals surface area contributed by atoms with Crippen molar-refractivity contribution in [2.45, 2.75) is 45.6 Å². The lowest BCUT2D eigenvalue weighted by atomic mass is 9.92. The Labute approximate surface area is 132 Å². The molecule has 0 spiro atoms. The molecule has 4 heteroatoms. The van der Waals surface area contributed by atoms with Gasteiger partial charge in [0.15, 0.2) is 0 Å². The van der Waals surface area contributed by atoms with E-state index in [1.54, 1.807) is 12.1 Å². The molecule has 1 amide bonds. The Balaban J connectivity index is 1.95. The molecule has 1 heterocycles. The largest absolute Gasteiger partial charge is 0.342 e. The zero-order valence-electron chi connectivity index (χ0n) is 13.6. The molecule has 2 rings (SSSR count). The molecule has 22 heavy (non-hydrogen) atoms. The van der Waals surface area contributed by atoms with Crippen molar-refractivity contribution in [1.82, 2.24) is 10.2 Å². The summed E-state index contributed by atoms with van der Waals surface area (Å²) in [5.74, 6) is 0.194. The van der Waals surface area contributed by atoms with Gasteiger partial charge in [-0.25, -0.2) is 4.39 Å². The fourth-order valence-corrected chi connectivity index (χ4v) is 3.17. The molecule has 1 aromatic carbocycles. The van der Waals surface area contributed by atoms with Crippen molar-refractivity contribution < 1.29 is 9.18 Å². The summed E-state index contributed by atoms with van der Waals surface area (Å²) in [5, 5.41) is 3.39. The molecule has 1 aromatic rings. The molecule has 3 nitrogen and oxygen atoms in total. The molecule has 1 N–H and O–H groups in total. The summed E-state index contributed by atoms with van der Waals surface area (Å²) in [4.78, 5) is 14.7. The summed E-state index contributed by atoms with van der Waals surface area (Å²) in [6, 6.07) is 7.07. The summed E-state index contributed by atoms with van der Waals surface area (Å²) >= 11 is 0. The third-order valence-corrected chi connectivity index (χ3v) is 4.34. The maximum atomic E-state index is 13.2. The molecule has 0 bridgehead atoms. The van der Waals surface area contributed by atoms with Crippen molar-refractivity contribution in [2.75, 3.05) is 19.6 Å². The summed E-state index contributed by atoms with van der Waals surface area (Å²) in [5.41, 5.74) is 0.951. The fraction of sp³-hybridized carbons (Fsp3) is 0.611. The Bertz CT molecular complexity index is 492. The van der Waals surface area contributed by atoms with E-state index in [9.17, 15) is 9.18 Å². The van der Waals surface area contributed by atoms with Gasteiger partial charge in [0.2, 0.25) is 5.91 Å². The molecule has 2 atom stereocenters. The highest BCUT2D eigenvalue weighted by Gasteiger charge is 2.28. The minimum atomic E-state index is -0.210. The van der Waals surface area contributed by atoms with Gasteiger partial charge in [0.1, 0.15) is 5.82 Å². The van der Waals surface area contributed by atoms with E-state index in [1.165, 1.54) is 6.07 Å². The lowest BCUT2D eigenvalue weighted by molar-refractivity contribution is -0.136. The second-order valence-electron chi connectivity index (χ2n) is 6.28. The number of rotatable bonds is 6. The third kappa shape index (κ3) is 4.80. The maximum Gasteiger partial charge on any atom is 0.225 e. The first kappa shape index (κ1) is 16.9. The first-order valence-electron chi connectivity index (χ1n) is 8.36. The summed E-state index contributed by atoms with van der Waals surface area (Å²) in [7, 11) is 0. The highest BCUT2D eigenvalue weighted by atomic mass is 19.1. The van der Waals surface area contributed by atoms with E-state index in [1.807, 2.05) is 11.0 Å². The zero-order valence-corrected chi connectivity index (χ0v) is 13.6. The topological polar surface area (TPSA) is 32.3 Å². The molecular weight excluding hydrogens is 279 g/mol. The molecule has 1 aliphatic rings. The Morgan fingerprint density at radius 2 is 2.23 bits per heavy atom. The van der Waals surface area contributed by atoms with Crippen LogP contribution in [0.4, 0.5) is 4.39 Å². The molecular formula is C18H27FN2O. The highest BCUT2D eigenvalue weighted by molar-refractivity contribution is 5.79. The number of benzene rings is 1. The van der Waals surface area contributed by atoms with Crippen LogP contribution in [-0.4, -0.2) is 36.5 Å². The summed E-state index contributed by atoms with van der Waals surface area (Å²) in [6.45, 7) is 6.60. The van der Waals surface area contributed by atoms with Crippen LogP contribution < -0.4 is 5.32 Å². The number of hydrogen-bond acceptors (Lipinski definition) is 2. The quantitative estimate of drug-likeness (QED) is 0.876. The molecule has 1 fully saturated rings. The van der Waals surface area contributed by atoms with Gasteiger partial charge >= 0.3 is 0 Å². The minimum absolute atomic E-state index is 0.135. The van der Waals surface area contributed by atoms with Crippen LogP contribution in [-0.2, 0) is 11.2 Å². The van der Waals surface area contributed by atoms with Crippen molar-refractivity contribution in [1.29, 1.82) is 0 Å². The molecule has 0 aliphatic carbocycles. The second-order valence-corrected chi connectivity index (χ2v) is 6.28. The van der Waals surface area contributed by atoms with Crippen molar-refractivity contribution in [3.8, 4) is 0 Å². The van der Waals surface area contributed by atoms with E-state index in [-0.39, 0.29) is 17.6 Å². The average molecular weight is 306 g/mol. The van der Waals surface area contributed by atoms with E-state index >= 15 is 0 Å². The summed E-state index contributed by atoms with van der Waals surface area (Å²) < 4.78 is 13.2. The first-order valence-corrected chi connectivity index (χ1v) is 8.36. The smallest absolute Gasteiger partial charge is 0.225 e. The van der Waals surface area contributed by atoms with E-state index in [4.69, 9.17) is 0 Å². The van der Waals surface area contributed by atoms with Gasteiger partial charge in [0.25, 0.3) is 0 Å². The molecule has 0 aromatic heterocycles. The minimum Gasteiger partial charge on any atom is -0.342 e. The standard InChI is InChI=1S/C18H27FN2O/c1-3-10-21(11-8-15-5-4-6-17(19)13-15)18(22)16-7-9-20-14(2)12-16/h4-6,13-14,16,20H,3,7-12H2,1-2H3/t14-,16-/m0/s1. The highest BCUT2D eigenvalue weighted by Crippen LogP contribution is 2.19. The predicted molar refractivity (Wildman–Crippen MR) is 87.2 cm³/mol. The fourth-order valence-electron chi connectivity index (χ4n) is 3.17. The molecule has 0 unspecified atom stereocenters. The number of amides is 1. The van der Waals surface area contributed by atoms with Gasteiger partial charge in [-0.05, 0) is 56.8 Å². The van der Waals surface area contributed by atoms with Gasteiger partial charge in [-0.2, -0.15) is 0 Å². The number of piperidine rings is 1. The SMILES string of the molecule is CCCN(CCc1cccc(F)c1)C(=O)[C@H]1CCN[C@@H](C)C1. The van der Waals surface area contributed by atoms with Gasteiger partial charge < -0.3 is 10.2 Å². The number of carbonyl (C=O) groups excluding carboxylic acids is 1. The van der Waals surface area contributed by atoms with E-state index < -0.39 is 0 Å². The number of carbonyl (C=O) groups is 1. The Hall–Kier alpha value is -1.42. The number of hydrogen-bond donors (Lipinski definition) is 1. The van der Waals surface area contributed by atoms with Crippen LogP contribution in [0.15, 0.2) is 24.3 Å². The second kappa shape index (κ2) is 8.28. The lowest BCUT2D eigenvalue weighted by Crippen LogP contribution is -2.45. The molecule has 0 radical (unpaired) electrons. The van der Waals surface area contributed by atoms with Gasteiger partial charge in [-0.1, -0.05) is 19.1 Å². The Morgan fingerprint density at radius 3 is 2.91 bits per heavy atom. The van der Waals surface area contributed by atoms with Gasteiger partial charge in [0.05, 0.1) is 0 Å². The normalized spacial score (nSPS) is 21.6. The van der Waals surface area contributed by atoms with E-state index in [0.717, 1.165) is 37.9 Å². The van der Waals surface area contributed by atoms with Crippen LogP contribution in [0.2, 0.25) is 0 Å². The van der Waals surface area contributed by atoms with Crippen molar-refractivity contribution >= 4 is 5.91 Å². The van der Waals surface area contributed by atoms with Crippen LogP contribution in [0.3, 0.4) is 0 Å². The van der Waals surface area contributed by atoms with Crippen LogP contribution in [0.1, 0.15) is 38.7 Å². The van der Waals surface area contributed by atoms with Crippen molar-refractivity contribution in [2.24, 2.45) is 5.92 Å². The molecule has 1 saturated heterocycles. The van der Waals surface area contributed by atoms with Crippen molar-refractivity contribution in [3.05, 3.63) is 35.6 Å². The first-order chi connectivity index (χ1) is 10.6. The zero-order chi connectivity index (χ0) is 15.9. The maximum absolute atomic E-state index is 13.2. The van der Waals surface area contributed by atoms with E-state index in [2.05, 4.69) is 19.2 Å². The van der Waals surface area contributed by atoms with Crippen LogP contribution in [0.5, 0.6) is 0 Å². The number of nitrogens with one attached hydrogen (secondary N) is 1. The Morgan fingerprint density at radius 1 is 1.41 bits per heavy atom. The number of halogens is 1. The van der Waals surface area contributed by atoms with Crippen LogP contribution in [0.25, 0.3) is 0 Å². The average Bonchev–Trinajstić information content (AvgIpc) is 2.51. The summed E-state index contributed by atoms with van der Waals surface area (Å²) in [6.07, 6.45) is 3.50. The predicted octanol–water partition coefficient (Wildman–Crippen LogP) is 2.99. The number of nitrogens with zero attached hydrogens (tertiary/aromatic N) is 1. The lowest BCUT2D eigenvalue weighted by Gasteiger charge is -2.32.